The molecule has 0 spiro atoms. The maximum Gasteiger partial charge on any atom is 0.422 e. The molecule has 158 valence electrons. The number of alkyl halides is 3. The summed E-state index contributed by atoms with van der Waals surface area (Å²) in [6, 6.07) is 3.25. The van der Waals surface area contributed by atoms with Gasteiger partial charge >= 0.3 is 6.18 Å². The number of anilines is 1. The maximum atomic E-state index is 12.3. The van der Waals surface area contributed by atoms with Crippen molar-refractivity contribution < 1.29 is 27.4 Å². The van der Waals surface area contributed by atoms with Crippen LogP contribution in [-0.2, 0) is 22.5 Å². The molecule has 1 aliphatic rings. The number of hydrogen-bond acceptors (Lipinski definition) is 7. The molecule has 0 aromatic carbocycles. The molecule has 2 aromatic rings. The molecular formula is C18H21F3N4O3S. The van der Waals surface area contributed by atoms with Crippen molar-refractivity contribution in [3.05, 3.63) is 35.0 Å². The van der Waals surface area contributed by atoms with Crippen LogP contribution in [0.5, 0.6) is 5.88 Å². The van der Waals surface area contributed by atoms with Gasteiger partial charge in [-0.3, -0.25) is 9.69 Å². The van der Waals surface area contributed by atoms with Gasteiger partial charge in [-0.05, 0) is 11.6 Å². The predicted molar refractivity (Wildman–Crippen MR) is 101 cm³/mol. The highest BCUT2D eigenvalue weighted by molar-refractivity contribution is 7.15. The molecule has 0 aliphatic carbocycles. The monoisotopic (exact) mass is 430 g/mol. The summed E-state index contributed by atoms with van der Waals surface area (Å²) in [7, 11) is 0. The number of ether oxygens (including phenoxy) is 2. The summed E-state index contributed by atoms with van der Waals surface area (Å²) in [5.41, 5.74) is 0.801. The van der Waals surface area contributed by atoms with Crippen LogP contribution in [0.25, 0.3) is 0 Å². The van der Waals surface area contributed by atoms with E-state index < -0.39 is 12.8 Å². The molecule has 2 aromatic heterocycles. The molecule has 3 heterocycles. The third kappa shape index (κ3) is 7.26. The summed E-state index contributed by atoms with van der Waals surface area (Å²) in [4.78, 5) is 22.4. The first-order valence-electron chi connectivity index (χ1n) is 8.97. The number of carbonyl (C=O) groups is 1. The Kier molecular flexibility index (Phi) is 7.04. The molecule has 1 unspecified atom stereocenters. The van der Waals surface area contributed by atoms with Gasteiger partial charge in [-0.1, -0.05) is 0 Å². The Hall–Kier alpha value is -2.24. The van der Waals surface area contributed by atoms with Gasteiger partial charge in [-0.15, -0.1) is 11.3 Å². The quantitative estimate of drug-likeness (QED) is 0.728. The zero-order valence-electron chi connectivity index (χ0n) is 15.7. The molecule has 0 radical (unpaired) electrons. The minimum atomic E-state index is -4.40. The first kappa shape index (κ1) is 21.5. The lowest BCUT2D eigenvalue weighted by Crippen LogP contribution is -2.42. The number of carbonyl (C=O) groups excluding carboxylic acids is 1. The fourth-order valence-corrected chi connectivity index (χ4v) is 3.83. The normalized spacial score (nSPS) is 17.9. The third-order valence-electron chi connectivity index (χ3n) is 4.09. The number of pyridine rings is 1. The number of halogens is 3. The lowest BCUT2D eigenvalue weighted by molar-refractivity contribution is -0.154. The van der Waals surface area contributed by atoms with Crippen LogP contribution in [0, 0.1) is 0 Å². The smallest absolute Gasteiger partial charge is 0.422 e. The van der Waals surface area contributed by atoms with Gasteiger partial charge in [0, 0.05) is 56.3 Å². The molecule has 1 aliphatic heterocycles. The van der Waals surface area contributed by atoms with Crippen LogP contribution in [0.4, 0.5) is 18.3 Å². The van der Waals surface area contributed by atoms with E-state index in [-0.39, 0.29) is 17.9 Å². The van der Waals surface area contributed by atoms with Gasteiger partial charge in [-0.2, -0.15) is 13.2 Å². The second-order valence-corrected chi connectivity index (χ2v) is 7.77. The van der Waals surface area contributed by atoms with E-state index in [1.165, 1.54) is 30.5 Å². The molecule has 3 rings (SSSR count). The van der Waals surface area contributed by atoms with Crippen LogP contribution in [0.1, 0.15) is 17.4 Å². The lowest BCUT2D eigenvalue weighted by Gasteiger charge is -2.32. The topological polar surface area (TPSA) is 76.6 Å². The first-order chi connectivity index (χ1) is 13.8. The number of morpholine rings is 1. The van der Waals surface area contributed by atoms with E-state index in [1.807, 2.05) is 0 Å². The van der Waals surface area contributed by atoms with Gasteiger partial charge in [0.1, 0.15) is 0 Å². The Morgan fingerprint density at radius 1 is 1.45 bits per heavy atom. The zero-order chi connectivity index (χ0) is 20.9. The minimum Gasteiger partial charge on any atom is -0.468 e. The van der Waals surface area contributed by atoms with E-state index >= 15 is 0 Å². The van der Waals surface area contributed by atoms with Crippen molar-refractivity contribution in [1.82, 2.24) is 14.9 Å². The minimum absolute atomic E-state index is 0.0531. The first-order valence-corrected chi connectivity index (χ1v) is 9.79. The maximum absolute atomic E-state index is 12.3. The molecule has 1 amide bonds. The number of rotatable bonds is 7. The van der Waals surface area contributed by atoms with Crippen molar-refractivity contribution in [2.75, 3.05) is 31.6 Å². The lowest BCUT2D eigenvalue weighted by atomic mass is 10.1. The van der Waals surface area contributed by atoms with E-state index in [4.69, 9.17) is 9.47 Å². The summed E-state index contributed by atoms with van der Waals surface area (Å²) < 4.78 is 47.4. The van der Waals surface area contributed by atoms with Crippen LogP contribution >= 0.6 is 11.3 Å². The SMILES string of the molecule is CC(=O)Nc1ncc(CN2CCOC(Cc3ccnc(OCC(F)(F)F)c3)C2)s1. The summed E-state index contributed by atoms with van der Waals surface area (Å²) in [6.07, 6.45) is -0.775. The average Bonchev–Trinajstić information content (AvgIpc) is 3.06. The van der Waals surface area contributed by atoms with Gasteiger partial charge in [0.05, 0.1) is 12.7 Å². The molecule has 7 nitrogen and oxygen atoms in total. The molecule has 1 atom stereocenters. The van der Waals surface area contributed by atoms with Gasteiger partial charge in [-0.25, -0.2) is 9.97 Å². The van der Waals surface area contributed by atoms with Crippen LogP contribution in [-0.4, -0.2) is 59.4 Å². The highest BCUT2D eigenvalue weighted by atomic mass is 32.1. The van der Waals surface area contributed by atoms with Crippen molar-refractivity contribution >= 4 is 22.4 Å². The van der Waals surface area contributed by atoms with E-state index in [2.05, 4.69) is 20.2 Å². The molecule has 0 saturated carbocycles. The largest absolute Gasteiger partial charge is 0.468 e. The number of hydrogen-bond donors (Lipinski definition) is 1. The fourth-order valence-electron chi connectivity index (χ4n) is 2.93. The van der Waals surface area contributed by atoms with Crippen LogP contribution in [0.3, 0.4) is 0 Å². The molecule has 1 saturated heterocycles. The molecular weight excluding hydrogens is 409 g/mol. The van der Waals surface area contributed by atoms with Crippen LogP contribution in [0.2, 0.25) is 0 Å². The summed E-state index contributed by atoms with van der Waals surface area (Å²) in [5.74, 6) is -0.212. The predicted octanol–water partition coefficient (Wildman–Crippen LogP) is 2.88. The van der Waals surface area contributed by atoms with Crippen LogP contribution < -0.4 is 10.1 Å². The van der Waals surface area contributed by atoms with Crippen molar-refractivity contribution in [2.45, 2.75) is 32.2 Å². The van der Waals surface area contributed by atoms with Gasteiger partial charge < -0.3 is 14.8 Å². The zero-order valence-corrected chi connectivity index (χ0v) is 16.6. The molecule has 1 N–H and O–H groups in total. The average molecular weight is 430 g/mol. The van der Waals surface area contributed by atoms with Gasteiger partial charge in [0.25, 0.3) is 0 Å². The van der Waals surface area contributed by atoms with E-state index in [9.17, 15) is 18.0 Å². The highest BCUT2D eigenvalue weighted by Gasteiger charge is 2.29. The summed E-state index contributed by atoms with van der Waals surface area (Å²) in [5, 5.41) is 3.24. The van der Waals surface area contributed by atoms with Gasteiger partial charge in [0.15, 0.2) is 11.7 Å². The number of thiazole rings is 1. The Bertz CT molecular complexity index is 831. The molecule has 0 bridgehead atoms. The van der Waals surface area contributed by atoms with E-state index in [0.717, 1.165) is 17.0 Å². The molecule has 11 heteroatoms. The molecule has 29 heavy (non-hydrogen) atoms. The standard InChI is InChI=1S/C18H21F3N4O3S/c1-12(26)24-17-23-8-15(29-17)10-25-4-5-27-14(9-25)6-13-2-3-22-16(7-13)28-11-18(19,20)21/h2-3,7-8,14H,4-6,9-11H2,1H3,(H,23,24,26). The second kappa shape index (κ2) is 9.51. The summed E-state index contributed by atoms with van der Waals surface area (Å²) in [6.45, 7) is 2.76. The third-order valence-corrected chi connectivity index (χ3v) is 4.98. The van der Waals surface area contributed by atoms with Crippen molar-refractivity contribution in [3.8, 4) is 5.88 Å². The number of nitrogens with zero attached hydrogens (tertiary/aromatic N) is 3. The van der Waals surface area contributed by atoms with Crippen molar-refractivity contribution in [1.29, 1.82) is 0 Å². The van der Waals surface area contributed by atoms with Gasteiger partial charge in [0.2, 0.25) is 11.8 Å². The Morgan fingerprint density at radius 3 is 3.03 bits per heavy atom. The molecule has 1 fully saturated rings. The fraction of sp³-hybridized carbons (Fsp3) is 0.500. The van der Waals surface area contributed by atoms with Crippen LogP contribution in [0.15, 0.2) is 24.5 Å². The highest BCUT2D eigenvalue weighted by Crippen LogP contribution is 2.22. The van der Waals surface area contributed by atoms with E-state index in [0.29, 0.717) is 31.2 Å². The number of amides is 1. The van der Waals surface area contributed by atoms with E-state index in [1.54, 1.807) is 12.3 Å². The Morgan fingerprint density at radius 2 is 2.28 bits per heavy atom. The summed E-state index contributed by atoms with van der Waals surface area (Å²) >= 11 is 1.43. The number of aromatic nitrogens is 2. The van der Waals surface area contributed by atoms with Crippen molar-refractivity contribution in [2.24, 2.45) is 0 Å². The van der Waals surface area contributed by atoms with Crippen molar-refractivity contribution in [3.63, 3.8) is 0 Å². The second-order valence-electron chi connectivity index (χ2n) is 6.65. The Balaban J connectivity index is 1.53. The Labute approximate surface area is 169 Å². The number of nitrogens with one attached hydrogen (secondary N) is 1.